The molecule has 0 atom stereocenters. The highest BCUT2D eigenvalue weighted by molar-refractivity contribution is 7.99. The van der Waals surface area contributed by atoms with E-state index in [1.54, 1.807) is 0 Å². The van der Waals surface area contributed by atoms with Gasteiger partial charge in [0.05, 0.1) is 11.8 Å². The molecule has 0 aliphatic heterocycles. The second-order valence-electron chi connectivity index (χ2n) is 7.14. The fraction of sp³-hybridized carbons (Fsp3) is 0.600. The molecule has 1 amide bonds. The zero-order valence-electron chi connectivity index (χ0n) is 16.8. The SMILES string of the molecule is CCN(CC)Cc1ccccc1CNC(=O)CSc1nnnn1C1CCCC1. The number of thioether (sulfide) groups is 1. The third kappa shape index (κ3) is 5.54. The number of carbonyl (C=O) groups is 1. The van der Waals surface area contributed by atoms with Crippen molar-refractivity contribution in [1.82, 2.24) is 30.4 Å². The molecule has 0 radical (unpaired) electrons. The number of aromatic nitrogens is 4. The van der Waals surface area contributed by atoms with Gasteiger partial charge in [-0.25, -0.2) is 4.68 Å². The average molecular weight is 403 g/mol. The summed E-state index contributed by atoms with van der Waals surface area (Å²) in [6, 6.07) is 8.70. The number of tetrazole rings is 1. The quantitative estimate of drug-likeness (QED) is 0.616. The lowest BCUT2D eigenvalue weighted by atomic mass is 10.1. The molecule has 0 bridgehead atoms. The number of hydrogen-bond donors (Lipinski definition) is 1. The molecular weight excluding hydrogens is 372 g/mol. The third-order valence-electron chi connectivity index (χ3n) is 5.35. The first-order valence-corrected chi connectivity index (χ1v) is 11.2. The van der Waals surface area contributed by atoms with Crippen molar-refractivity contribution in [2.24, 2.45) is 0 Å². The molecule has 2 aromatic rings. The van der Waals surface area contributed by atoms with Crippen LogP contribution in [0.3, 0.4) is 0 Å². The molecule has 28 heavy (non-hydrogen) atoms. The van der Waals surface area contributed by atoms with Gasteiger partial charge >= 0.3 is 0 Å². The summed E-state index contributed by atoms with van der Waals surface area (Å²) in [5.41, 5.74) is 2.44. The molecule has 1 saturated carbocycles. The molecule has 0 saturated heterocycles. The van der Waals surface area contributed by atoms with Crippen LogP contribution in [0.5, 0.6) is 0 Å². The molecule has 0 unspecified atom stereocenters. The minimum atomic E-state index is 0.00335. The number of rotatable bonds is 10. The highest BCUT2D eigenvalue weighted by Crippen LogP contribution is 2.31. The van der Waals surface area contributed by atoms with Crippen molar-refractivity contribution in [2.75, 3.05) is 18.8 Å². The van der Waals surface area contributed by atoms with E-state index in [0.29, 0.717) is 18.3 Å². The number of hydrogen-bond acceptors (Lipinski definition) is 6. The number of nitrogens with zero attached hydrogens (tertiary/aromatic N) is 5. The normalized spacial score (nSPS) is 14.7. The van der Waals surface area contributed by atoms with E-state index in [2.05, 4.69) is 57.8 Å². The molecule has 3 rings (SSSR count). The van der Waals surface area contributed by atoms with E-state index >= 15 is 0 Å². The fourth-order valence-corrected chi connectivity index (χ4v) is 4.38. The molecule has 1 N–H and O–H groups in total. The standard InChI is InChI=1S/C20H30N6OS/c1-3-25(4-2)14-17-10-6-5-9-16(17)13-21-19(27)15-28-20-22-23-24-26(20)18-11-7-8-12-18/h5-6,9-10,18H,3-4,7-8,11-15H2,1-2H3,(H,21,27). The Hall–Kier alpha value is -1.93. The summed E-state index contributed by atoms with van der Waals surface area (Å²) in [6.07, 6.45) is 4.69. The fourth-order valence-electron chi connectivity index (χ4n) is 3.61. The molecule has 1 heterocycles. The summed E-state index contributed by atoms with van der Waals surface area (Å²) in [7, 11) is 0. The Kier molecular flexibility index (Phi) is 7.85. The van der Waals surface area contributed by atoms with Crippen molar-refractivity contribution in [1.29, 1.82) is 0 Å². The molecule has 0 spiro atoms. The molecule has 1 aliphatic rings. The lowest BCUT2D eigenvalue weighted by Crippen LogP contribution is -2.27. The molecule has 1 fully saturated rings. The smallest absolute Gasteiger partial charge is 0.230 e. The minimum absolute atomic E-state index is 0.00335. The van der Waals surface area contributed by atoms with Gasteiger partial charge in [0.15, 0.2) is 0 Å². The third-order valence-corrected chi connectivity index (χ3v) is 6.28. The topological polar surface area (TPSA) is 75.9 Å². The van der Waals surface area contributed by atoms with Crippen LogP contribution >= 0.6 is 11.8 Å². The number of benzene rings is 1. The van der Waals surface area contributed by atoms with Crippen molar-refractivity contribution in [3.63, 3.8) is 0 Å². The number of carbonyl (C=O) groups excluding carboxylic acids is 1. The maximum Gasteiger partial charge on any atom is 0.230 e. The van der Waals surface area contributed by atoms with Gasteiger partial charge in [0.25, 0.3) is 0 Å². The van der Waals surface area contributed by atoms with E-state index in [1.165, 1.54) is 35.7 Å². The van der Waals surface area contributed by atoms with Gasteiger partial charge in [-0.3, -0.25) is 9.69 Å². The number of amides is 1. The van der Waals surface area contributed by atoms with E-state index in [1.807, 2.05) is 10.7 Å². The van der Waals surface area contributed by atoms with Gasteiger partial charge in [0, 0.05) is 13.1 Å². The van der Waals surface area contributed by atoms with E-state index in [-0.39, 0.29) is 5.91 Å². The Morgan fingerprint density at radius 1 is 1.21 bits per heavy atom. The van der Waals surface area contributed by atoms with Gasteiger partial charge in [-0.05, 0) is 47.5 Å². The summed E-state index contributed by atoms with van der Waals surface area (Å²) in [5.74, 6) is 0.328. The summed E-state index contributed by atoms with van der Waals surface area (Å²) < 4.78 is 1.89. The van der Waals surface area contributed by atoms with Crippen molar-refractivity contribution >= 4 is 17.7 Å². The first-order valence-electron chi connectivity index (χ1n) is 10.2. The van der Waals surface area contributed by atoms with Gasteiger partial charge in [0.2, 0.25) is 11.1 Å². The Morgan fingerprint density at radius 3 is 2.64 bits per heavy atom. The Bertz CT molecular complexity index is 755. The number of nitrogens with one attached hydrogen (secondary N) is 1. The largest absolute Gasteiger partial charge is 0.351 e. The Morgan fingerprint density at radius 2 is 1.93 bits per heavy atom. The van der Waals surface area contributed by atoms with Crippen LogP contribution in [0.15, 0.2) is 29.4 Å². The summed E-state index contributed by atoms with van der Waals surface area (Å²) in [5, 5.41) is 15.8. The van der Waals surface area contributed by atoms with Crippen molar-refractivity contribution in [3.8, 4) is 0 Å². The van der Waals surface area contributed by atoms with Crippen LogP contribution in [0.1, 0.15) is 56.7 Å². The van der Waals surface area contributed by atoms with Gasteiger partial charge in [-0.1, -0.05) is 62.7 Å². The lowest BCUT2D eigenvalue weighted by molar-refractivity contribution is -0.118. The van der Waals surface area contributed by atoms with Crippen LogP contribution in [0, 0.1) is 0 Å². The van der Waals surface area contributed by atoms with Crippen LogP contribution in [0.2, 0.25) is 0 Å². The molecule has 7 nitrogen and oxygen atoms in total. The second kappa shape index (κ2) is 10.6. The highest BCUT2D eigenvalue weighted by Gasteiger charge is 2.22. The predicted octanol–water partition coefficient (Wildman–Crippen LogP) is 3.04. The minimum Gasteiger partial charge on any atom is -0.351 e. The van der Waals surface area contributed by atoms with Crippen molar-refractivity contribution in [3.05, 3.63) is 35.4 Å². The highest BCUT2D eigenvalue weighted by atomic mass is 32.2. The second-order valence-corrected chi connectivity index (χ2v) is 8.08. The molecule has 8 heteroatoms. The van der Waals surface area contributed by atoms with Gasteiger partial charge < -0.3 is 5.32 Å². The monoisotopic (exact) mass is 402 g/mol. The first-order chi connectivity index (χ1) is 13.7. The maximum absolute atomic E-state index is 12.4. The Labute approximate surface area is 171 Å². The summed E-state index contributed by atoms with van der Waals surface area (Å²) >= 11 is 1.41. The van der Waals surface area contributed by atoms with E-state index in [0.717, 1.165) is 37.6 Å². The van der Waals surface area contributed by atoms with Crippen molar-refractivity contribution < 1.29 is 4.79 Å². The zero-order chi connectivity index (χ0) is 19.8. The van der Waals surface area contributed by atoms with Gasteiger partial charge in [0.1, 0.15) is 0 Å². The summed E-state index contributed by atoms with van der Waals surface area (Å²) in [4.78, 5) is 14.7. The molecule has 1 aliphatic carbocycles. The van der Waals surface area contributed by atoms with Crippen molar-refractivity contribution in [2.45, 2.75) is 63.8 Å². The van der Waals surface area contributed by atoms with Crippen LogP contribution in [-0.4, -0.2) is 49.9 Å². The van der Waals surface area contributed by atoms with Gasteiger partial charge in [-0.2, -0.15) is 0 Å². The molecule has 152 valence electrons. The predicted molar refractivity (Wildman–Crippen MR) is 111 cm³/mol. The molecular formula is C20H30N6OS. The molecule has 1 aromatic heterocycles. The summed E-state index contributed by atoms with van der Waals surface area (Å²) in [6.45, 7) is 7.83. The zero-order valence-corrected chi connectivity index (χ0v) is 17.6. The van der Waals surface area contributed by atoms with Crippen LogP contribution < -0.4 is 5.32 Å². The first kappa shape index (κ1) is 20.8. The van der Waals surface area contributed by atoms with Crippen LogP contribution in [-0.2, 0) is 17.9 Å². The van der Waals surface area contributed by atoms with E-state index in [4.69, 9.17) is 0 Å². The van der Waals surface area contributed by atoms with Gasteiger partial charge in [-0.15, -0.1) is 5.10 Å². The lowest BCUT2D eigenvalue weighted by Gasteiger charge is -2.20. The molecule has 1 aromatic carbocycles. The van der Waals surface area contributed by atoms with E-state index < -0.39 is 0 Å². The average Bonchev–Trinajstić information content (AvgIpc) is 3.41. The van der Waals surface area contributed by atoms with Crippen LogP contribution in [0.25, 0.3) is 0 Å². The van der Waals surface area contributed by atoms with Crippen LogP contribution in [0.4, 0.5) is 0 Å². The van der Waals surface area contributed by atoms with E-state index in [9.17, 15) is 4.79 Å². The Balaban J connectivity index is 1.51. The maximum atomic E-state index is 12.4.